The number of aryl methyl sites for hydroxylation is 2. The number of benzene rings is 2. The molecule has 0 aliphatic rings. The van der Waals surface area contributed by atoms with Crippen LogP contribution in [0.2, 0.25) is 0 Å². The third kappa shape index (κ3) is 3.85. The first kappa shape index (κ1) is 14.1. The Morgan fingerprint density at radius 3 is 2.30 bits per heavy atom. The second kappa shape index (κ2) is 6.75. The highest BCUT2D eigenvalue weighted by Gasteiger charge is 2.03. The quantitative estimate of drug-likeness (QED) is 0.875. The third-order valence-electron chi connectivity index (χ3n) is 3.32. The van der Waals surface area contributed by atoms with E-state index in [1.165, 1.54) is 5.56 Å². The first-order valence-electron chi connectivity index (χ1n) is 6.77. The van der Waals surface area contributed by atoms with Gasteiger partial charge in [0.25, 0.3) is 0 Å². The topological polar surface area (TPSA) is 41.1 Å². The molecule has 3 heteroatoms. The molecule has 0 aliphatic heterocycles. The Hall–Kier alpha value is -2.29. The van der Waals surface area contributed by atoms with Crippen LogP contribution in [0.1, 0.15) is 16.7 Å². The van der Waals surface area contributed by atoms with E-state index in [2.05, 4.69) is 10.6 Å². The maximum Gasteiger partial charge on any atom is 0.239 e. The first-order valence-corrected chi connectivity index (χ1v) is 6.77. The monoisotopic (exact) mass is 268 g/mol. The van der Waals surface area contributed by atoms with Crippen LogP contribution in [0.5, 0.6) is 0 Å². The van der Waals surface area contributed by atoms with Gasteiger partial charge in [-0.15, -0.1) is 0 Å². The van der Waals surface area contributed by atoms with E-state index in [-0.39, 0.29) is 12.5 Å². The summed E-state index contributed by atoms with van der Waals surface area (Å²) >= 11 is 0. The summed E-state index contributed by atoms with van der Waals surface area (Å²) in [5, 5.41) is 6.08. The van der Waals surface area contributed by atoms with Gasteiger partial charge in [-0.2, -0.15) is 0 Å². The van der Waals surface area contributed by atoms with Gasteiger partial charge in [0.05, 0.1) is 6.54 Å². The fourth-order valence-electron chi connectivity index (χ4n) is 2.01. The van der Waals surface area contributed by atoms with Crippen LogP contribution in [-0.4, -0.2) is 12.5 Å². The van der Waals surface area contributed by atoms with Crippen LogP contribution in [0.4, 0.5) is 5.69 Å². The minimum absolute atomic E-state index is 0.00324. The van der Waals surface area contributed by atoms with Crippen molar-refractivity contribution in [2.75, 3.05) is 11.9 Å². The summed E-state index contributed by atoms with van der Waals surface area (Å²) in [7, 11) is 0. The van der Waals surface area contributed by atoms with Crippen molar-refractivity contribution in [2.45, 2.75) is 20.4 Å². The molecule has 2 aromatic rings. The number of rotatable bonds is 5. The molecule has 0 bridgehead atoms. The molecule has 20 heavy (non-hydrogen) atoms. The molecule has 0 aromatic heterocycles. The Labute approximate surface area is 120 Å². The first-order chi connectivity index (χ1) is 9.66. The number of hydrogen-bond donors (Lipinski definition) is 2. The zero-order valence-corrected chi connectivity index (χ0v) is 11.9. The van der Waals surface area contributed by atoms with Gasteiger partial charge in [0, 0.05) is 12.2 Å². The number of carbonyl (C=O) groups is 1. The second-order valence-electron chi connectivity index (χ2n) is 4.87. The van der Waals surface area contributed by atoms with Crippen molar-refractivity contribution in [3.05, 3.63) is 65.2 Å². The predicted octanol–water partition coefficient (Wildman–Crippen LogP) is 3.03. The molecule has 0 aliphatic carbocycles. The Balaban J connectivity index is 1.82. The van der Waals surface area contributed by atoms with E-state index in [0.717, 1.165) is 16.8 Å². The average Bonchev–Trinajstić information content (AvgIpc) is 2.45. The summed E-state index contributed by atoms with van der Waals surface area (Å²) in [6.45, 7) is 4.93. The fraction of sp³-hybridized carbons (Fsp3) is 0.235. The molecule has 2 rings (SSSR count). The fourth-order valence-corrected chi connectivity index (χ4v) is 2.01. The summed E-state index contributed by atoms with van der Waals surface area (Å²) in [5.41, 5.74) is 4.48. The van der Waals surface area contributed by atoms with Gasteiger partial charge < -0.3 is 10.6 Å². The average molecular weight is 268 g/mol. The largest absolute Gasteiger partial charge is 0.376 e. The van der Waals surface area contributed by atoms with Crippen LogP contribution < -0.4 is 10.6 Å². The molecule has 0 unspecified atom stereocenters. The van der Waals surface area contributed by atoms with Crippen LogP contribution in [-0.2, 0) is 11.3 Å². The summed E-state index contributed by atoms with van der Waals surface area (Å²) in [6.07, 6.45) is 0. The highest BCUT2D eigenvalue weighted by Crippen LogP contribution is 2.12. The van der Waals surface area contributed by atoms with Crippen LogP contribution in [0.25, 0.3) is 0 Å². The van der Waals surface area contributed by atoms with Crippen molar-refractivity contribution >= 4 is 11.6 Å². The Morgan fingerprint density at radius 1 is 0.950 bits per heavy atom. The summed E-state index contributed by atoms with van der Waals surface area (Å²) in [6, 6.07) is 16.0. The third-order valence-corrected chi connectivity index (χ3v) is 3.32. The minimum atomic E-state index is -0.00324. The molecule has 0 fully saturated rings. The molecule has 104 valence electrons. The van der Waals surface area contributed by atoms with E-state index in [1.807, 2.05) is 62.4 Å². The molecule has 2 aromatic carbocycles. The minimum Gasteiger partial charge on any atom is -0.376 e. The number of hydrogen-bond acceptors (Lipinski definition) is 2. The van der Waals surface area contributed by atoms with Gasteiger partial charge in [-0.3, -0.25) is 4.79 Å². The summed E-state index contributed by atoms with van der Waals surface area (Å²) < 4.78 is 0. The van der Waals surface area contributed by atoms with Gasteiger partial charge >= 0.3 is 0 Å². The van der Waals surface area contributed by atoms with Crippen molar-refractivity contribution in [3.8, 4) is 0 Å². The van der Waals surface area contributed by atoms with Gasteiger partial charge in [-0.25, -0.2) is 0 Å². The molecule has 0 atom stereocenters. The van der Waals surface area contributed by atoms with Crippen molar-refractivity contribution in [3.63, 3.8) is 0 Å². The normalized spacial score (nSPS) is 10.1. The van der Waals surface area contributed by atoms with Gasteiger partial charge in [-0.1, -0.05) is 42.5 Å². The number of anilines is 1. The van der Waals surface area contributed by atoms with E-state index in [0.29, 0.717) is 6.54 Å². The van der Waals surface area contributed by atoms with Gasteiger partial charge in [-0.05, 0) is 36.6 Å². The van der Waals surface area contributed by atoms with E-state index in [9.17, 15) is 4.79 Å². The van der Waals surface area contributed by atoms with Crippen LogP contribution in [0.3, 0.4) is 0 Å². The number of nitrogens with one attached hydrogen (secondary N) is 2. The number of amides is 1. The molecule has 2 N–H and O–H groups in total. The van der Waals surface area contributed by atoms with Crippen molar-refractivity contribution < 1.29 is 4.79 Å². The zero-order valence-electron chi connectivity index (χ0n) is 11.9. The molecular formula is C17H20N2O. The molecule has 0 radical (unpaired) electrons. The smallest absolute Gasteiger partial charge is 0.239 e. The Kier molecular flexibility index (Phi) is 4.77. The molecule has 1 amide bonds. The van der Waals surface area contributed by atoms with E-state index in [1.54, 1.807) is 0 Å². The molecule has 3 nitrogen and oxygen atoms in total. The standard InChI is InChI=1S/C17H20N2O/c1-13-7-3-5-9-15(13)11-19-17(20)12-18-16-10-6-4-8-14(16)2/h3-10,18H,11-12H2,1-2H3,(H,19,20). The molecule has 0 saturated heterocycles. The maximum absolute atomic E-state index is 11.8. The molecule has 0 spiro atoms. The van der Waals surface area contributed by atoms with Crippen molar-refractivity contribution in [1.29, 1.82) is 0 Å². The lowest BCUT2D eigenvalue weighted by molar-refractivity contribution is -0.119. The van der Waals surface area contributed by atoms with E-state index >= 15 is 0 Å². The highest BCUT2D eigenvalue weighted by atomic mass is 16.1. The highest BCUT2D eigenvalue weighted by molar-refractivity contribution is 5.80. The lowest BCUT2D eigenvalue weighted by atomic mass is 10.1. The SMILES string of the molecule is Cc1ccccc1CNC(=O)CNc1ccccc1C. The molecular weight excluding hydrogens is 248 g/mol. The van der Waals surface area contributed by atoms with Gasteiger partial charge in [0.2, 0.25) is 5.91 Å². The zero-order chi connectivity index (χ0) is 14.4. The van der Waals surface area contributed by atoms with Gasteiger partial charge in [0.15, 0.2) is 0 Å². The van der Waals surface area contributed by atoms with Crippen molar-refractivity contribution in [1.82, 2.24) is 5.32 Å². The number of para-hydroxylation sites is 1. The lowest BCUT2D eigenvalue weighted by Crippen LogP contribution is -2.29. The van der Waals surface area contributed by atoms with Crippen LogP contribution >= 0.6 is 0 Å². The van der Waals surface area contributed by atoms with Crippen molar-refractivity contribution in [2.24, 2.45) is 0 Å². The predicted molar refractivity (Wildman–Crippen MR) is 82.7 cm³/mol. The van der Waals surface area contributed by atoms with E-state index in [4.69, 9.17) is 0 Å². The Bertz CT molecular complexity index is 542. The van der Waals surface area contributed by atoms with Crippen LogP contribution in [0.15, 0.2) is 48.5 Å². The maximum atomic E-state index is 11.8. The summed E-state index contributed by atoms with van der Waals surface area (Å²) in [4.78, 5) is 11.8. The summed E-state index contributed by atoms with van der Waals surface area (Å²) in [5.74, 6) is -0.00324. The van der Waals surface area contributed by atoms with E-state index < -0.39 is 0 Å². The van der Waals surface area contributed by atoms with Gasteiger partial charge in [0.1, 0.15) is 0 Å². The molecule has 0 heterocycles. The Morgan fingerprint density at radius 2 is 1.60 bits per heavy atom. The number of carbonyl (C=O) groups excluding carboxylic acids is 1. The lowest BCUT2D eigenvalue weighted by Gasteiger charge is -2.10. The second-order valence-corrected chi connectivity index (χ2v) is 4.87. The molecule has 0 saturated carbocycles. The van der Waals surface area contributed by atoms with Crippen LogP contribution in [0, 0.1) is 13.8 Å².